The van der Waals surface area contributed by atoms with Crippen molar-refractivity contribution in [2.45, 2.75) is 26.4 Å². The molecule has 1 atom stereocenters. The van der Waals surface area contributed by atoms with Crippen LogP contribution >= 0.6 is 0 Å². The molecule has 1 heterocycles. The molecule has 0 aliphatic rings. The van der Waals surface area contributed by atoms with E-state index >= 15 is 0 Å². The van der Waals surface area contributed by atoms with Crippen molar-refractivity contribution in [3.05, 3.63) is 66.0 Å². The minimum absolute atomic E-state index is 0.170. The fourth-order valence-electron chi connectivity index (χ4n) is 2.93. The third-order valence-electron chi connectivity index (χ3n) is 3.89. The second kappa shape index (κ2) is 6.10. The Morgan fingerprint density at radius 1 is 1.05 bits per heavy atom. The molecule has 1 unspecified atom stereocenters. The van der Waals surface area contributed by atoms with E-state index in [4.69, 9.17) is 0 Å². The summed E-state index contributed by atoms with van der Waals surface area (Å²) in [6.45, 7) is 6.07. The molecule has 0 spiro atoms. The molecule has 0 saturated carbocycles. The van der Waals surface area contributed by atoms with E-state index in [1.165, 1.54) is 22.0 Å². The molecule has 3 aromatic rings. The number of nitrogens with one attached hydrogen (secondary N) is 1. The van der Waals surface area contributed by atoms with Crippen LogP contribution in [0.2, 0.25) is 0 Å². The Bertz CT molecular complexity index is 725. The first kappa shape index (κ1) is 13.8. The minimum Gasteiger partial charge on any atom is -0.305 e. The van der Waals surface area contributed by atoms with Crippen LogP contribution < -0.4 is 5.32 Å². The molecule has 0 bridgehead atoms. The maximum absolute atomic E-state index is 4.42. The van der Waals surface area contributed by atoms with Gasteiger partial charge in [-0.25, -0.2) is 0 Å². The predicted molar refractivity (Wildman–Crippen MR) is 87.4 cm³/mol. The lowest BCUT2D eigenvalue weighted by atomic mass is 9.96. The Kier molecular flexibility index (Phi) is 4.02. The van der Waals surface area contributed by atoms with E-state index in [1.54, 1.807) is 0 Å². The van der Waals surface area contributed by atoms with Gasteiger partial charge < -0.3 is 5.32 Å². The van der Waals surface area contributed by atoms with Gasteiger partial charge in [-0.2, -0.15) is 5.10 Å². The topological polar surface area (TPSA) is 29.9 Å². The molecule has 21 heavy (non-hydrogen) atoms. The van der Waals surface area contributed by atoms with Crippen molar-refractivity contribution >= 4 is 10.8 Å². The normalized spacial score (nSPS) is 12.7. The van der Waals surface area contributed by atoms with Crippen molar-refractivity contribution in [1.29, 1.82) is 0 Å². The molecule has 0 fully saturated rings. The van der Waals surface area contributed by atoms with E-state index in [1.807, 2.05) is 6.20 Å². The van der Waals surface area contributed by atoms with Gasteiger partial charge >= 0.3 is 0 Å². The Labute approximate surface area is 125 Å². The number of aryl methyl sites for hydroxylation is 1. The zero-order chi connectivity index (χ0) is 14.7. The smallest absolute Gasteiger partial charge is 0.0754 e. The third-order valence-corrected chi connectivity index (χ3v) is 3.89. The highest BCUT2D eigenvalue weighted by atomic mass is 15.3. The van der Waals surface area contributed by atoms with Crippen LogP contribution in [0.3, 0.4) is 0 Å². The highest BCUT2D eigenvalue weighted by Crippen LogP contribution is 2.28. The zero-order valence-corrected chi connectivity index (χ0v) is 12.6. The average molecular weight is 279 g/mol. The summed E-state index contributed by atoms with van der Waals surface area (Å²) in [7, 11) is 0. The van der Waals surface area contributed by atoms with Crippen LogP contribution in [-0.4, -0.2) is 16.3 Å². The van der Waals surface area contributed by atoms with Crippen LogP contribution in [-0.2, 0) is 6.54 Å². The van der Waals surface area contributed by atoms with E-state index in [0.29, 0.717) is 0 Å². The molecule has 3 heteroatoms. The molecule has 2 aromatic carbocycles. The molecule has 108 valence electrons. The number of hydrogen-bond acceptors (Lipinski definition) is 2. The quantitative estimate of drug-likeness (QED) is 0.770. The van der Waals surface area contributed by atoms with E-state index in [-0.39, 0.29) is 6.04 Å². The van der Waals surface area contributed by atoms with Crippen molar-refractivity contribution < 1.29 is 0 Å². The molecule has 1 N–H and O–H groups in total. The van der Waals surface area contributed by atoms with Crippen LogP contribution in [0.5, 0.6) is 0 Å². The van der Waals surface area contributed by atoms with Crippen LogP contribution in [0, 0.1) is 0 Å². The summed E-state index contributed by atoms with van der Waals surface area (Å²) in [5.74, 6) is 0. The lowest BCUT2D eigenvalue weighted by Crippen LogP contribution is -2.25. The predicted octanol–water partition coefficient (Wildman–Crippen LogP) is 3.76. The molecule has 0 radical (unpaired) electrons. The van der Waals surface area contributed by atoms with E-state index in [2.05, 4.69) is 77.5 Å². The van der Waals surface area contributed by atoms with Crippen LogP contribution in [0.4, 0.5) is 0 Å². The fraction of sp³-hybridized carbons (Fsp3) is 0.278. The molecular formula is C18H21N3. The Balaban J connectivity index is 2.16. The molecule has 0 aliphatic heterocycles. The van der Waals surface area contributed by atoms with Crippen molar-refractivity contribution in [1.82, 2.24) is 15.1 Å². The van der Waals surface area contributed by atoms with Crippen LogP contribution in [0.15, 0.2) is 54.7 Å². The molecule has 0 amide bonds. The Morgan fingerprint density at radius 2 is 1.86 bits per heavy atom. The Hall–Kier alpha value is -2.13. The summed E-state index contributed by atoms with van der Waals surface area (Å²) >= 11 is 0. The second-order valence-corrected chi connectivity index (χ2v) is 5.13. The lowest BCUT2D eigenvalue weighted by Gasteiger charge is -2.21. The van der Waals surface area contributed by atoms with Gasteiger partial charge in [-0.15, -0.1) is 0 Å². The third kappa shape index (κ3) is 2.57. The zero-order valence-electron chi connectivity index (χ0n) is 12.6. The summed E-state index contributed by atoms with van der Waals surface area (Å²) in [5, 5.41) is 10.6. The van der Waals surface area contributed by atoms with Gasteiger partial charge in [0.25, 0.3) is 0 Å². The number of aromatic nitrogens is 2. The highest BCUT2D eigenvalue weighted by Gasteiger charge is 2.18. The fourth-order valence-corrected chi connectivity index (χ4v) is 2.93. The Morgan fingerprint density at radius 3 is 2.67 bits per heavy atom. The summed E-state index contributed by atoms with van der Waals surface area (Å²) in [6.07, 6.45) is 1.88. The van der Waals surface area contributed by atoms with E-state index in [9.17, 15) is 0 Å². The van der Waals surface area contributed by atoms with Crippen molar-refractivity contribution in [2.24, 2.45) is 0 Å². The first-order valence-electron chi connectivity index (χ1n) is 7.58. The van der Waals surface area contributed by atoms with Gasteiger partial charge in [-0.3, -0.25) is 4.68 Å². The van der Waals surface area contributed by atoms with Crippen LogP contribution in [0.1, 0.15) is 31.1 Å². The van der Waals surface area contributed by atoms with Gasteiger partial charge in [0.15, 0.2) is 0 Å². The maximum Gasteiger partial charge on any atom is 0.0754 e. The van der Waals surface area contributed by atoms with Gasteiger partial charge in [0.2, 0.25) is 0 Å². The van der Waals surface area contributed by atoms with Crippen molar-refractivity contribution in [2.75, 3.05) is 6.54 Å². The minimum atomic E-state index is 0.170. The average Bonchev–Trinajstić information content (AvgIpc) is 3.00. The van der Waals surface area contributed by atoms with Crippen molar-refractivity contribution in [3.8, 4) is 0 Å². The molecule has 1 aromatic heterocycles. The number of hydrogen-bond donors (Lipinski definition) is 1. The summed E-state index contributed by atoms with van der Waals surface area (Å²) in [4.78, 5) is 0. The second-order valence-electron chi connectivity index (χ2n) is 5.13. The molecule has 3 nitrogen and oxygen atoms in total. The standard InChI is InChI=1S/C18H21N3/c1-3-19-18(17-12-13-20-21(17)4-2)16-11-7-9-14-8-5-6-10-15(14)16/h5-13,18-19H,3-4H2,1-2H3. The lowest BCUT2D eigenvalue weighted by molar-refractivity contribution is 0.544. The molecule has 3 rings (SSSR count). The number of fused-ring (bicyclic) bond motifs is 1. The number of benzene rings is 2. The van der Waals surface area contributed by atoms with E-state index in [0.717, 1.165) is 13.1 Å². The number of rotatable bonds is 5. The summed E-state index contributed by atoms with van der Waals surface area (Å²) in [5.41, 5.74) is 2.53. The number of nitrogens with zero attached hydrogens (tertiary/aromatic N) is 2. The van der Waals surface area contributed by atoms with Gasteiger partial charge in [0.05, 0.1) is 11.7 Å². The monoisotopic (exact) mass is 279 g/mol. The molecule has 0 aliphatic carbocycles. The van der Waals surface area contributed by atoms with Gasteiger partial charge in [0, 0.05) is 12.7 Å². The van der Waals surface area contributed by atoms with E-state index < -0.39 is 0 Å². The SMILES string of the molecule is CCNC(c1cccc2ccccc12)c1ccnn1CC. The van der Waals surface area contributed by atoms with Gasteiger partial charge in [0.1, 0.15) is 0 Å². The maximum atomic E-state index is 4.42. The van der Waals surface area contributed by atoms with Gasteiger partial charge in [-0.1, -0.05) is 49.4 Å². The summed E-state index contributed by atoms with van der Waals surface area (Å²) < 4.78 is 2.06. The van der Waals surface area contributed by atoms with Gasteiger partial charge in [-0.05, 0) is 35.9 Å². The van der Waals surface area contributed by atoms with Crippen molar-refractivity contribution in [3.63, 3.8) is 0 Å². The van der Waals surface area contributed by atoms with Crippen LogP contribution in [0.25, 0.3) is 10.8 Å². The first-order valence-corrected chi connectivity index (χ1v) is 7.58. The highest BCUT2D eigenvalue weighted by molar-refractivity contribution is 5.86. The molecule has 0 saturated heterocycles. The summed E-state index contributed by atoms with van der Waals surface area (Å²) in [6, 6.07) is 17.3. The largest absolute Gasteiger partial charge is 0.305 e. The molecular weight excluding hydrogens is 258 g/mol. The first-order chi connectivity index (χ1) is 10.3.